The fourth-order valence-corrected chi connectivity index (χ4v) is 8.50. The van der Waals surface area contributed by atoms with Gasteiger partial charge in [-0.05, 0) is 68.3 Å². The van der Waals surface area contributed by atoms with Crippen LogP contribution in [0, 0.1) is 34.0 Å². The summed E-state index contributed by atoms with van der Waals surface area (Å²) in [5.41, 5.74) is 1.85. The maximum absolute atomic E-state index is 11.2. The second-order valence-corrected chi connectivity index (χ2v) is 10.3. The second-order valence-electron chi connectivity index (χ2n) is 10.3. The van der Waals surface area contributed by atoms with E-state index in [1.165, 1.54) is 51.4 Å². The number of aliphatic hydroxyl groups is 2. The first-order chi connectivity index (χ1) is 12.0. The number of rotatable bonds is 2. The van der Waals surface area contributed by atoms with Crippen molar-refractivity contribution in [3.8, 4) is 0 Å². The molecule has 5 saturated carbocycles. The predicted molar refractivity (Wildman–Crippen MR) is 98.7 cm³/mol. The zero-order valence-electron chi connectivity index (χ0n) is 15.7. The van der Waals surface area contributed by atoms with Gasteiger partial charge in [-0.15, -0.1) is 0 Å². The first kappa shape index (κ1) is 16.5. The van der Waals surface area contributed by atoms with Crippen LogP contribution < -0.4 is 0 Å². The van der Waals surface area contributed by atoms with Gasteiger partial charge in [0.2, 0.25) is 0 Å². The monoisotopic (exact) mass is 344 g/mol. The number of hydrogen-bond donors (Lipinski definition) is 2. The molecule has 0 aromatic carbocycles. The standard InChI is InChI=1S/C22H34NO2/c1-15-16-4-8-21(19(15)25)9-5-17-20(2)6-3-7-22(17,18(21)12-16)14-23(13-20)10-11-24/h14,16-19,24-25H,1,3-13H2,2H3/q+1/t16-,17-,18+,19+,20-,21-,22-/m1/s1. The van der Waals surface area contributed by atoms with Gasteiger partial charge in [0.15, 0.2) is 6.54 Å². The van der Waals surface area contributed by atoms with Crippen LogP contribution >= 0.6 is 0 Å². The minimum atomic E-state index is -0.282. The summed E-state index contributed by atoms with van der Waals surface area (Å²) in [6.45, 7) is 8.93. The van der Waals surface area contributed by atoms with Crippen LogP contribution in [0.1, 0.15) is 58.3 Å². The Morgan fingerprint density at radius 1 is 1.20 bits per heavy atom. The minimum Gasteiger partial charge on any atom is -0.390 e. The number of hydrogen-bond acceptors (Lipinski definition) is 2. The predicted octanol–water partition coefficient (Wildman–Crippen LogP) is 3.00. The Balaban J connectivity index is 1.65. The molecular weight excluding hydrogens is 310 g/mol. The van der Waals surface area contributed by atoms with Gasteiger partial charge < -0.3 is 10.2 Å². The Morgan fingerprint density at radius 3 is 2.80 bits per heavy atom. The summed E-state index contributed by atoms with van der Waals surface area (Å²) in [4.78, 5) is 0. The molecule has 3 heteroatoms. The van der Waals surface area contributed by atoms with Crippen LogP contribution in [0.3, 0.4) is 0 Å². The lowest BCUT2D eigenvalue weighted by Crippen LogP contribution is -2.68. The van der Waals surface area contributed by atoms with Crippen LogP contribution in [-0.2, 0) is 0 Å². The van der Waals surface area contributed by atoms with E-state index >= 15 is 0 Å². The van der Waals surface area contributed by atoms with Crippen LogP contribution in [0.5, 0.6) is 0 Å². The van der Waals surface area contributed by atoms with Crippen molar-refractivity contribution in [1.29, 1.82) is 0 Å². The maximum Gasteiger partial charge on any atom is 0.165 e. The van der Waals surface area contributed by atoms with Crippen molar-refractivity contribution in [2.45, 2.75) is 64.4 Å². The molecule has 7 atom stereocenters. The lowest BCUT2D eigenvalue weighted by atomic mass is 9.35. The second kappa shape index (κ2) is 5.19. The fraction of sp³-hybridized carbons (Fsp3) is 0.864. The van der Waals surface area contributed by atoms with Gasteiger partial charge in [0.05, 0.1) is 11.5 Å². The lowest BCUT2D eigenvalue weighted by molar-refractivity contribution is -0.560. The van der Waals surface area contributed by atoms with Gasteiger partial charge in [-0.25, -0.2) is 4.58 Å². The third-order valence-electron chi connectivity index (χ3n) is 9.36. The van der Waals surface area contributed by atoms with Gasteiger partial charge in [-0.2, -0.15) is 0 Å². The lowest BCUT2D eigenvalue weighted by Gasteiger charge is -2.68. The molecule has 138 valence electrons. The molecule has 25 heavy (non-hydrogen) atoms. The van der Waals surface area contributed by atoms with Crippen molar-refractivity contribution in [3.05, 3.63) is 12.2 Å². The molecule has 1 heterocycles. The fourth-order valence-electron chi connectivity index (χ4n) is 8.50. The van der Waals surface area contributed by atoms with Gasteiger partial charge in [0, 0.05) is 10.8 Å². The Bertz CT molecular complexity index is 642. The first-order valence-corrected chi connectivity index (χ1v) is 10.5. The zero-order valence-corrected chi connectivity index (χ0v) is 15.7. The van der Waals surface area contributed by atoms with E-state index in [4.69, 9.17) is 0 Å². The molecule has 6 rings (SSSR count). The van der Waals surface area contributed by atoms with E-state index in [0.29, 0.717) is 17.3 Å². The van der Waals surface area contributed by atoms with Crippen molar-refractivity contribution in [2.75, 3.05) is 19.7 Å². The van der Waals surface area contributed by atoms with E-state index in [9.17, 15) is 10.2 Å². The molecule has 2 N–H and O–H groups in total. The average molecular weight is 345 g/mol. The largest absolute Gasteiger partial charge is 0.390 e. The quantitative estimate of drug-likeness (QED) is 0.597. The normalized spacial score (nSPS) is 53.9. The summed E-state index contributed by atoms with van der Waals surface area (Å²) >= 11 is 0. The molecule has 5 aliphatic carbocycles. The number of fused-ring (bicyclic) bond motifs is 2. The molecule has 4 bridgehead atoms. The molecule has 5 fully saturated rings. The zero-order chi connectivity index (χ0) is 17.4. The Morgan fingerprint density at radius 2 is 2.00 bits per heavy atom. The third-order valence-corrected chi connectivity index (χ3v) is 9.36. The molecule has 0 aromatic rings. The van der Waals surface area contributed by atoms with E-state index in [2.05, 4.69) is 24.3 Å². The molecule has 0 saturated heterocycles. The van der Waals surface area contributed by atoms with Gasteiger partial charge in [-0.1, -0.05) is 19.9 Å². The molecule has 0 amide bonds. The molecule has 0 aromatic heterocycles. The van der Waals surface area contributed by atoms with E-state index in [0.717, 1.165) is 24.6 Å². The van der Waals surface area contributed by atoms with Gasteiger partial charge in [-0.3, -0.25) is 0 Å². The highest BCUT2D eigenvalue weighted by atomic mass is 16.3. The molecule has 3 nitrogen and oxygen atoms in total. The molecule has 0 radical (unpaired) electrons. The summed E-state index contributed by atoms with van der Waals surface area (Å²) in [5.74, 6) is 1.91. The van der Waals surface area contributed by atoms with Crippen molar-refractivity contribution in [2.24, 2.45) is 34.0 Å². The highest BCUT2D eigenvalue weighted by Crippen LogP contribution is 2.72. The summed E-state index contributed by atoms with van der Waals surface area (Å²) < 4.78 is 2.44. The Labute approximate surface area is 151 Å². The van der Waals surface area contributed by atoms with Crippen LogP contribution in [0.2, 0.25) is 0 Å². The summed E-state index contributed by atoms with van der Waals surface area (Å²) in [6, 6.07) is 0. The average Bonchev–Trinajstić information content (AvgIpc) is 2.58. The molecule has 1 spiro atoms. The molecular formula is C22H34NO2+. The molecule has 0 unspecified atom stereocenters. The van der Waals surface area contributed by atoms with E-state index in [1.54, 1.807) is 0 Å². The van der Waals surface area contributed by atoms with E-state index in [1.807, 2.05) is 0 Å². The van der Waals surface area contributed by atoms with Crippen molar-refractivity contribution < 1.29 is 14.8 Å². The van der Waals surface area contributed by atoms with Crippen molar-refractivity contribution >= 4 is 6.21 Å². The van der Waals surface area contributed by atoms with E-state index < -0.39 is 0 Å². The van der Waals surface area contributed by atoms with Crippen LogP contribution in [0.25, 0.3) is 0 Å². The van der Waals surface area contributed by atoms with Crippen LogP contribution in [0.15, 0.2) is 12.2 Å². The van der Waals surface area contributed by atoms with Crippen molar-refractivity contribution in [3.63, 3.8) is 0 Å². The van der Waals surface area contributed by atoms with Gasteiger partial charge in [0.25, 0.3) is 0 Å². The van der Waals surface area contributed by atoms with Gasteiger partial charge >= 0.3 is 0 Å². The highest BCUT2D eigenvalue weighted by molar-refractivity contribution is 5.65. The van der Waals surface area contributed by atoms with Crippen molar-refractivity contribution in [1.82, 2.24) is 0 Å². The maximum atomic E-state index is 11.2. The Hall–Kier alpha value is -0.670. The number of nitrogens with zero attached hydrogens (tertiary/aromatic N) is 1. The summed E-state index contributed by atoms with van der Waals surface area (Å²) in [5, 5.41) is 20.8. The van der Waals surface area contributed by atoms with Gasteiger partial charge in [0.1, 0.15) is 19.4 Å². The van der Waals surface area contributed by atoms with E-state index in [-0.39, 0.29) is 23.5 Å². The molecule has 6 aliphatic rings. The Kier molecular flexibility index (Phi) is 3.43. The minimum absolute atomic E-state index is 0.0826. The number of aliphatic hydroxyl groups excluding tert-OH is 2. The SMILES string of the molecule is C=C1[C@@H]2CC[C@]3(CC[C@@H]4[C@]5(C)CCC[C@]4(C=[N+](CCO)C5)[C@H]3C2)[C@H]1O. The third kappa shape index (κ3) is 1.92. The first-order valence-electron chi connectivity index (χ1n) is 10.5. The highest BCUT2D eigenvalue weighted by Gasteiger charge is 2.70. The topological polar surface area (TPSA) is 43.5 Å². The smallest absolute Gasteiger partial charge is 0.165 e. The summed E-state index contributed by atoms with van der Waals surface area (Å²) in [7, 11) is 0. The van der Waals surface area contributed by atoms with Crippen LogP contribution in [0.4, 0.5) is 0 Å². The number of β-amino-alcohol motifs (C(OH)–C–C–N with tert-alkyl or cyclic N) is 1. The molecule has 1 aliphatic heterocycles. The van der Waals surface area contributed by atoms with Crippen LogP contribution in [-0.4, -0.2) is 46.8 Å². The summed E-state index contributed by atoms with van der Waals surface area (Å²) in [6.07, 6.45) is 12.4.